The van der Waals surface area contributed by atoms with Gasteiger partial charge in [0.2, 0.25) is 5.91 Å². The van der Waals surface area contributed by atoms with E-state index in [2.05, 4.69) is 87.8 Å². The number of amides is 1. The van der Waals surface area contributed by atoms with Crippen LogP contribution in [-0.4, -0.2) is 66.0 Å². The van der Waals surface area contributed by atoms with Crippen LogP contribution < -0.4 is 21.2 Å². The Labute approximate surface area is 314 Å². The number of nitrogens with one attached hydrogen (secondary N) is 3. The second-order valence-electron chi connectivity index (χ2n) is 9.39. The molecule has 0 bridgehead atoms. The molecule has 0 aromatic carbocycles. The van der Waals surface area contributed by atoms with Crippen molar-refractivity contribution in [3.05, 3.63) is 0 Å². The normalized spacial score (nSPS) is 12.1. The number of carboxylic acid groups (broad SMARTS) is 1. The molecule has 1 amide bonds. The first kappa shape index (κ1) is 55.2. The highest BCUT2D eigenvalue weighted by atomic mass is 32.4. The maximum atomic E-state index is 11.7. The summed E-state index contributed by atoms with van der Waals surface area (Å²) in [6.07, 6.45) is 6.99. The zero-order valence-electron chi connectivity index (χ0n) is 27.2. The second-order valence-corrected chi connectivity index (χ2v) is 23.8. The predicted octanol–water partition coefficient (Wildman–Crippen LogP) is 5.19. The summed E-state index contributed by atoms with van der Waals surface area (Å²) in [6.45, 7) is 1.26. The number of nitrogens with two attached hydrogens (primary N) is 1. The molecule has 0 rings (SSSR count). The van der Waals surface area contributed by atoms with Gasteiger partial charge in [-0.2, -0.15) is 0 Å². The summed E-state index contributed by atoms with van der Waals surface area (Å²) >= 11 is 0. The minimum Gasteiger partial charge on any atom is -0.481 e. The molecule has 0 spiro atoms. The Morgan fingerprint density at radius 3 is 1.47 bits per heavy atom. The zero-order chi connectivity index (χ0) is 38.0. The van der Waals surface area contributed by atoms with Crippen molar-refractivity contribution in [3.63, 3.8) is 0 Å². The van der Waals surface area contributed by atoms with E-state index in [-0.39, 0.29) is 60.1 Å². The third-order valence-corrected chi connectivity index (χ3v) is 9.72. The van der Waals surface area contributed by atoms with E-state index in [0.717, 1.165) is 38.5 Å². The fraction of sp³-hybridized carbons (Fsp3) is 0.727. The van der Waals surface area contributed by atoms with E-state index in [1.165, 1.54) is 0 Å². The summed E-state index contributed by atoms with van der Waals surface area (Å²) in [4.78, 5) is 66.9. The van der Waals surface area contributed by atoms with Crippen LogP contribution in [0.1, 0.15) is 77.0 Å². The summed E-state index contributed by atoms with van der Waals surface area (Å²) in [5, 5.41) is 16.6. The zero-order valence-corrected chi connectivity index (χ0v) is 40.2. The molecule has 15 nitrogen and oxygen atoms in total. The minimum absolute atomic E-state index is 0.00331. The van der Waals surface area contributed by atoms with Crippen molar-refractivity contribution >= 4 is 140 Å². The van der Waals surface area contributed by atoms with Gasteiger partial charge in [0, 0.05) is 32.2 Å². The van der Waals surface area contributed by atoms with Gasteiger partial charge in [0.05, 0.1) is 17.0 Å². The van der Waals surface area contributed by atoms with E-state index in [9.17, 15) is 28.8 Å². The van der Waals surface area contributed by atoms with Gasteiger partial charge in [0.25, 0.3) is 0 Å². The predicted molar refractivity (Wildman–Crippen MR) is 231 cm³/mol. The first-order valence-electron chi connectivity index (χ1n) is 14.6. The van der Waals surface area contributed by atoms with Gasteiger partial charge in [0.15, 0.2) is 0 Å². The van der Waals surface area contributed by atoms with E-state index in [1.54, 1.807) is 0 Å². The average Bonchev–Trinajstić information content (AvgIpc) is 3.01. The van der Waals surface area contributed by atoms with Crippen molar-refractivity contribution in [3.8, 4) is 0 Å². The molecule has 0 aliphatic rings. The third-order valence-electron chi connectivity index (χ3n) is 5.48. The van der Waals surface area contributed by atoms with Crippen LogP contribution in [0.4, 0.5) is 0 Å². The highest BCUT2D eigenvalue weighted by molar-refractivity contribution is 8.41. The first-order chi connectivity index (χ1) is 23.2. The van der Waals surface area contributed by atoms with Gasteiger partial charge in [-0.1, -0.05) is 85.2 Å². The molecule has 0 aromatic rings. The smallest absolute Gasteiger partial charge is 0.326 e. The van der Waals surface area contributed by atoms with Gasteiger partial charge in [-0.05, 0) is 45.1 Å². The summed E-state index contributed by atoms with van der Waals surface area (Å²) in [5.74, 6) is -2.11. The number of hydrogen-bond donors (Lipinski definition) is 5. The molecule has 0 saturated carbocycles. The Balaban J connectivity index is -0.000000713. The van der Waals surface area contributed by atoms with Crippen molar-refractivity contribution in [2.24, 2.45) is 5.73 Å². The third kappa shape index (κ3) is 40.9. The van der Waals surface area contributed by atoms with E-state index in [1.807, 2.05) is 0 Å². The topological polar surface area (TPSA) is 222 Å². The lowest BCUT2D eigenvalue weighted by atomic mass is 10.1. The van der Waals surface area contributed by atoms with Gasteiger partial charge >= 0.3 is 29.8 Å². The minimum atomic E-state index is -0.925. The maximum absolute atomic E-state index is 11.7. The van der Waals surface area contributed by atoms with E-state index in [0.29, 0.717) is 32.4 Å². The van der Waals surface area contributed by atoms with E-state index >= 15 is 0 Å². The van der Waals surface area contributed by atoms with Gasteiger partial charge < -0.3 is 34.3 Å². The molecule has 6 N–H and O–H groups in total. The van der Waals surface area contributed by atoms with E-state index in [4.69, 9.17) is 28.9 Å². The number of hydrogen-bond acceptors (Lipinski definition) is 13. The molecule has 0 aromatic heterocycles. The quantitative estimate of drug-likeness (QED) is 0.0588. The van der Waals surface area contributed by atoms with Crippen LogP contribution in [0.2, 0.25) is 0 Å². The lowest BCUT2D eigenvalue weighted by Gasteiger charge is -2.13. The SMILES string of the molecule is NCCCCCC(=O)OP(P)P.O=C(CCC(NP)C(=O)OPP)NCCCCCC(=O)OP(P)P.O=C(O)CCC(NP)C(=O)OPP. The number of aliphatic carboxylic acids is 1. The molecule has 0 heterocycles. The van der Waals surface area contributed by atoms with Crippen LogP contribution >= 0.6 is 104 Å². The molecule has 0 aliphatic heterocycles. The van der Waals surface area contributed by atoms with Gasteiger partial charge in [-0.25, -0.2) is 0 Å². The van der Waals surface area contributed by atoms with Crippen molar-refractivity contribution in [1.82, 2.24) is 15.5 Å². The average molecular weight is 922 g/mol. The van der Waals surface area contributed by atoms with Gasteiger partial charge in [-0.15, -0.1) is 0 Å². The number of carbonyl (C=O) groups excluding carboxylic acids is 5. The van der Waals surface area contributed by atoms with Crippen LogP contribution in [0, 0.1) is 0 Å². The van der Waals surface area contributed by atoms with E-state index < -0.39 is 39.1 Å². The second kappa shape index (κ2) is 39.6. The lowest BCUT2D eigenvalue weighted by molar-refractivity contribution is -0.139. The number of carboxylic acids is 1. The fourth-order valence-corrected chi connectivity index (χ4v) is 7.03. The number of carbonyl (C=O) groups is 6. The Kier molecular flexibility index (Phi) is 44.6. The van der Waals surface area contributed by atoms with Crippen molar-refractivity contribution in [2.75, 3.05) is 13.1 Å². The first-order valence-corrected chi connectivity index (χ1v) is 30.2. The molecule has 0 saturated heterocycles. The molecule has 0 radical (unpaired) electrons. The van der Waals surface area contributed by atoms with Crippen LogP contribution in [-0.2, 0) is 46.9 Å². The van der Waals surface area contributed by atoms with Crippen molar-refractivity contribution < 1.29 is 52.0 Å². The monoisotopic (exact) mass is 922 g/mol. The van der Waals surface area contributed by atoms with Gasteiger partial charge in [0.1, 0.15) is 27.1 Å². The Hall–Kier alpha value is 1.86. The van der Waals surface area contributed by atoms with Crippen LogP contribution in [0.3, 0.4) is 0 Å². The molecule has 288 valence electrons. The molecule has 12 unspecified atom stereocenters. The van der Waals surface area contributed by atoms with Crippen molar-refractivity contribution in [1.29, 1.82) is 0 Å². The standard InChI is InChI=1S/C11H26N2O5P6.C6H16NO2P3.C5H12NO4P3/c14-9(6-5-8(13-19)11(16)17-23-20)12-7-3-1-2-4-10(15)18-24(21)22;7-5-3-1-2-4-6(8)9-12(10)11;7-4(8)2-1-3(6-11)5(9)10-13-12/h8,13,23H,1-7,19-22H2,(H,12,14);1-5,7,10-11H2;3,6,13H,1-2,11-12H2,(H,7,8). The maximum Gasteiger partial charge on any atom is 0.326 e. The molecule has 0 aliphatic carbocycles. The number of rotatable bonds is 25. The summed E-state index contributed by atoms with van der Waals surface area (Å²) in [7, 11) is 17.3. The molecule has 49 heavy (non-hydrogen) atoms. The number of unbranched alkanes of at least 4 members (excludes halogenated alkanes) is 4. The largest absolute Gasteiger partial charge is 0.481 e. The summed E-state index contributed by atoms with van der Waals surface area (Å²) in [5.41, 5.74) is 5.31. The molecule has 12 atom stereocenters. The van der Waals surface area contributed by atoms with Gasteiger partial charge in [-0.3, -0.25) is 38.9 Å². The highest BCUT2D eigenvalue weighted by Gasteiger charge is 2.19. The van der Waals surface area contributed by atoms with Crippen molar-refractivity contribution in [2.45, 2.75) is 89.1 Å². The molecular formula is C22H54N4O11P12. The molecule has 27 heteroatoms. The fourth-order valence-electron chi connectivity index (χ4n) is 3.14. The highest BCUT2D eigenvalue weighted by Crippen LogP contribution is 2.54. The molecular weight excluding hydrogens is 868 g/mol. The van der Waals surface area contributed by atoms with Crippen LogP contribution in [0.25, 0.3) is 0 Å². The Bertz CT molecular complexity index is 933. The lowest BCUT2D eigenvalue weighted by Crippen LogP contribution is -2.33. The summed E-state index contributed by atoms with van der Waals surface area (Å²) in [6, 6.07) is -1.06. The molecule has 0 fully saturated rings. The Morgan fingerprint density at radius 2 is 1.10 bits per heavy atom. The summed E-state index contributed by atoms with van der Waals surface area (Å²) < 4.78 is 19.6. The van der Waals surface area contributed by atoms with Crippen LogP contribution in [0.5, 0.6) is 0 Å². The Morgan fingerprint density at radius 1 is 0.673 bits per heavy atom. The van der Waals surface area contributed by atoms with Crippen LogP contribution in [0.15, 0.2) is 0 Å².